The zero-order valence-electron chi connectivity index (χ0n) is 18.8. The van der Waals surface area contributed by atoms with Crippen LogP contribution in [0.5, 0.6) is 0 Å². The maximum absolute atomic E-state index is 6.12. The molecule has 0 aliphatic carbocycles. The molecular weight excluding hydrogens is 467 g/mol. The van der Waals surface area contributed by atoms with Crippen molar-refractivity contribution in [2.24, 2.45) is 16.3 Å². The molecule has 0 spiro atoms. The van der Waals surface area contributed by atoms with Crippen molar-refractivity contribution in [3.8, 4) is 0 Å². The van der Waals surface area contributed by atoms with E-state index in [1.807, 2.05) is 0 Å². The second-order valence-corrected chi connectivity index (χ2v) is 9.17. The van der Waals surface area contributed by atoms with Gasteiger partial charge in [-0.1, -0.05) is 20.8 Å². The maximum Gasteiger partial charge on any atom is 0.191 e. The summed E-state index contributed by atoms with van der Waals surface area (Å²) in [6, 6.07) is 0.881. The minimum absolute atomic E-state index is 0. The topological polar surface area (TPSA) is 58.1 Å². The van der Waals surface area contributed by atoms with Crippen molar-refractivity contribution in [1.29, 1.82) is 0 Å². The Morgan fingerprint density at radius 1 is 1.25 bits per heavy atom. The van der Waals surface area contributed by atoms with E-state index in [-0.39, 0.29) is 29.4 Å². The number of guanidine groups is 1. The molecule has 0 aromatic rings. The molecule has 7 heteroatoms. The van der Waals surface area contributed by atoms with Gasteiger partial charge in [0.05, 0.1) is 25.9 Å². The second kappa shape index (κ2) is 12.5. The molecule has 0 radical (unpaired) electrons. The van der Waals surface area contributed by atoms with Crippen LogP contribution in [0.4, 0.5) is 0 Å². The molecular formula is C21H43IN4O2. The van der Waals surface area contributed by atoms with E-state index in [2.05, 4.69) is 57.1 Å². The molecule has 4 atom stereocenters. The third-order valence-corrected chi connectivity index (χ3v) is 5.67. The monoisotopic (exact) mass is 510 g/mol. The lowest BCUT2D eigenvalue weighted by atomic mass is 9.78. The number of aliphatic imine (C=N–C) groups is 1. The number of nitrogens with zero attached hydrogens (tertiary/aromatic N) is 2. The van der Waals surface area contributed by atoms with E-state index in [4.69, 9.17) is 14.5 Å². The predicted octanol–water partition coefficient (Wildman–Crippen LogP) is 3.11. The quantitative estimate of drug-likeness (QED) is 0.327. The average Bonchev–Trinajstić information content (AvgIpc) is 2.63. The lowest BCUT2D eigenvalue weighted by molar-refractivity contribution is -0.0835. The van der Waals surface area contributed by atoms with Gasteiger partial charge in [0.2, 0.25) is 0 Å². The smallest absolute Gasteiger partial charge is 0.191 e. The summed E-state index contributed by atoms with van der Waals surface area (Å²) in [5, 5.41) is 6.98. The highest BCUT2D eigenvalue weighted by Gasteiger charge is 2.35. The zero-order valence-corrected chi connectivity index (χ0v) is 21.1. The van der Waals surface area contributed by atoms with Gasteiger partial charge in [-0.3, -0.25) is 9.89 Å². The van der Waals surface area contributed by atoms with Crippen LogP contribution >= 0.6 is 24.0 Å². The third kappa shape index (κ3) is 7.95. The summed E-state index contributed by atoms with van der Waals surface area (Å²) >= 11 is 0. The van der Waals surface area contributed by atoms with Gasteiger partial charge in [0.25, 0.3) is 0 Å². The predicted molar refractivity (Wildman–Crippen MR) is 128 cm³/mol. The van der Waals surface area contributed by atoms with Gasteiger partial charge in [0.15, 0.2) is 5.96 Å². The standard InChI is InChI=1S/C21H42N4O2.HI/c1-7-22-20(23-13-16(2)25-10-12-26-15-17(25)3)24-14-18-9-8-11-27-19(18)21(4,5)6;/h16-19H,7-15H2,1-6H3,(H2,22,23,24);1H. The van der Waals surface area contributed by atoms with Gasteiger partial charge in [-0.15, -0.1) is 24.0 Å². The summed E-state index contributed by atoms with van der Waals surface area (Å²) in [6.07, 6.45) is 2.67. The fourth-order valence-electron chi connectivity index (χ4n) is 4.30. The highest BCUT2D eigenvalue weighted by atomic mass is 127. The molecule has 28 heavy (non-hydrogen) atoms. The Morgan fingerprint density at radius 2 is 2.00 bits per heavy atom. The molecule has 2 aliphatic heterocycles. The van der Waals surface area contributed by atoms with Crippen LogP contribution in [0.25, 0.3) is 0 Å². The lowest BCUT2D eigenvalue weighted by Gasteiger charge is -2.40. The molecule has 2 heterocycles. The Hall–Kier alpha value is -0.120. The number of rotatable bonds is 6. The van der Waals surface area contributed by atoms with Crippen LogP contribution in [0, 0.1) is 11.3 Å². The molecule has 166 valence electrons. The Bertz CT molecular complexity index is 470. The molecule has 2 saturated heterocycles. The third-order valence-electron chi connectivity index (χ3n) is 5.67. The summed E-state index contributed by atoms with van der Waals surface area (Å²) in [4.78, 5) is 7.37. The lowest BCUT2D eigenvalue weighted by Crippen LogP contribution is -2.50. The number of halogens is 1. The van der Waals surface area contributed by atoms with Crippen LogP contribution in [0.15, 0.2) is 4.99 Å². The second-order valence-electron chi connectivity index (χ2n) is 9.17. The molecule has 2 rings (SSSR count). The van der Waals surface area contributed by atoms with Gasteiger partial charge >= 0.3 is 0 Å². The molecule has 0 amide bonds. The number of nitrogens with one attached hydrogen (secondary N) is 2. The molecule has 4 unspecified atom stereocenters. The Kier molecular flexibility index (Phi) is 11.6. The maximum atomic E-state index is 6.12. The van der Waals surface area contributed by atoms with Gasteiger partial charge in [0, 0.05) is 44.2 Å². The van der Waals surface area contributed by atoms with Crippen LogP contribution in [0.1, 0.15) is 54.4 Å². The van der Waals surface area contributed by atoms with Crippen molar-refractivity contribution in [2.45, 2.75) is 72.6 Å². The van der Waals surface area contributed by atoms with Crippen molar-refractivity contribution < 1.29 is 9.47 Å². The molecule has 0 aromatic carbocycles. The molecule has 6 nitrogen and oxygen atoms in total. The summed E-state index contributed by atoms with van der Waals surface area (Å²) in [6.45, 7) is 19.6. The molecule has 0 bridgehead atoms. The summed E-state index contributed by atoms with van der Waals surface area (Å²) < 4.78 is 11.7. The molecule has 2 N–H and O–H groups in total. The fraction of sp³-hybridized carbons (Fsp3) is 0.952. The van der Waals surface area contributed by atoms with Crippen LogP contribution < -0.4 is 10.6 Å². The first-order valence-electron chi connectivity index (χ1n) is 10.8. The van der Waals surface area contributed by atoms with Crippen molar-refractivity contribution >= 4 is 29.9 Å². The molecule has 0 aromatic heterocycles. The molecule has 2 aliphatic rings. The average molecular weight is 511 g/mol. The van der Waals surface area contributed by atoms with Crippen LogP contribution in [-0.2, 0) is 9.47 Å². The Morgan fingerprint density at radius 3 is 2.64 bits per heavy atom. The number of ether oxygens (including phenoxy) is 2. The van der Waals surface area contributed by atoms with Crippen LogP contribution in [-0.4, -0.2) is 75.0 Å². The largest absolute Gasteiger partial charge is 0.379 e. The Labute approximate surface area is 189 Å². The first-order valence-corrected chi connectivity index (χ1v) is 10.8. The first kappa shape index (κ1) is 25.9. The van der Waals surface area contributed by atoms with E-state index in [1.54, 1.807) is 0 Å². The highest BCUT2D eigenvalue weighted by Crippen LogP contribution is 2.33. The summed E-state index contributed by atoms with van der Waals surface area (Å²) in [7, 11) is 0. The van der Waals surface area contributed by atoms with Gasteiger partial charge in [0.1, 0.15) is 0 Å². The minimum Gasteiger partial charge on any atom is -0.379 e. The van der Waals surface area contributed by atoms with Gasteiger partial charge in [-0.25, -0.2) is 0 Å². The zero-order chi connectivity index (χ0) is 19.9. The van der Waals surface area contributed by atoms with Crippen molar-refractivity contribution in [3.63, 3.8) is 0 Å². The minimum atomic E-state index is 0. The van der Waals surface area contributed by atoms with Crippen molar-refractivity contribution in [1.82, 2.24) is 15.5 Å². The van der Waals surface area contributed by atoms with E-state index in [1.165, 1.54) is 6.42 Å². The number of hydrogen-bond acceptors (Lipinski definition) is 4. The van der Waals surface area contributed by atoms with E-state index in [0.29, 0.717) is 24.1 Å². The van der Waals surface area contributed by atoms with E-state index in [9.17, 15) is 0 Å². The van der Waals surface area contributed by atoms with E-state index < -0.39 is 0 Å². The Balaban J connectivity index is 0.00000392. The summed E-state index contributed by atoms with van der Waals surface area (Å²) in [5.74, 6) is 1.45. The van der Waals surface area contributed by atoms with Crippen molar-refractivity contribution in [3.05, 3.63) is 0 Å². The van der Waals surface area contributed by atoms with Gasteiger partial charge in [-0.2, -0.15) is 0 Å². The van der Waals surface area contributed by atoms with Crippen molar-refractivity contribution in [2.75, 3.05) is 46.0 Å². The SMILES string of the molecule is CCNC(=NCC(C)N1CCOCC1C)NCC1CCCOC1C(C)(C)C.I. The normalized spacial score (nSPS) is 28.4. The van der Waals surface area contributed by atoms with E-state index in [0.717, 1.165) is 58.4 Å². The highest BCUT2D eigenvalue weighted by molar-refractivity contribution is 14.0. The molecule has 2 fully saturated rings. The van der Waals surface area contributed by atoms with Crippen LogP contribution in [0.2, 0.25) is 0 Å². The number of morpholine rings is 1. The molecule has 0 saturated carbocycles. The van der Waals surface area contributed by atoms with Gasteiger partial charge in [-0.05, 0) is 39.0 Å². The first-order chi connectivity index (χ1) is 12.8. The van der Waals surface area contributed by atoms with Crippen LogP contribution in [0.3, 0.4) is 0 Å². The summed E-state index contributed by atoms with van der Waals surface area (Å²) in [5.41, 5.74) is 0.170. The fourth-order valence-corrected chi connectivity index (χ4v) is 4.30. The number of hydrogen-bond donors (Lipinski definition) is 2. The van der Waals surface area contributed by atoms with Gasteiger partial charge < -0.3 is 20.1 Å². The van der Waals surface area contributed by atoms with E-state index >= 15 is 0 Å².